The Morgan fingerprint density at radius 3 is 2.75 bits per heavy atom. The molecule has 62 valence electrons. The van der Waals surface area contributed by atoms with Crippen molar-refractivity contribution in [1.29, 1.82) is 0 Å². The van der Waals surface area contributed by atoms with Gasteiger partial charge in [0.25, 0.3) is 0 Å². The van der Waals surface area contributed by atoms with Crippen molar-refractivity contribution in [2.24, 2.45) is 0 Å². The predicted molar refractivity (Wildman–Crippen MR) is 55.0 cm³/mol. The Morgan fingerprint density at radius 2 is 2.17 bits per heavy atom. The third-order valence-electron chi connectivity index (χ3n) is 1.38. The summed E-state index contributed by atoms with van der Waals surface area (Å²) in [6, 6.07) is 5.65. The summed E-state index contributed by atoms with van der Waals surface area (Å²) in [4.78, 5) is 3.02. The van der Waals surface area contributed by atoms with Gasteiger partial charge in [-0.25, -0.2) is 0 Å². The molecule has 0 fully saturated rings. The summed E-state index contributed by atoms with van der Waals surface area (Å²) < 4.78 is 0. The van der Waals surface area contributed by atoms with Gasteiger partial charge in [0.1, 0.15) is 5.69 Å². The molecule has 2 aromatic rings. The van der Waals surface area contributed by atoms with Gasteiger partial charge in [-0.15, -0.1) is 34.2 Å². The van der Waals surface area contributed by atoms with Gasteiger partial charge in [-0.05, 0) is 23.4 Å². The zero-order valence-corrected chi connectivity index (χ0v) is 8.47. The Hall–Kier alpha value is -0.980. The maximum Gasteiger partial charge on any atom is 0.112 e. The summed E-state index contributed by atoms with van der Waals surface area (Å²) in [5.74, 6) is 0. The van der Waals surface area contributed by atoms with Crippen LogP contribution >= 0.6 is 24.0 Å². The average molecular weight is 274 g/mol. The smallest absolute Gasteiger partial charge is 0.112 e. The van der Waals surface area contributed by atoms with Gasteiger partial charge < -0.3 is 4.98 Å². The first-order valence-electron chi connectivity index (χ1n) is 3.25. The average Bonchev–Trinajstić information content (AvgIpc) is 2.58. The van der Waals surface area contributed by atoms with Crippen molar-refractivity contribution < 1.29 is 0 Å². The number of H-pyrrole nitrogens is 1. The lowest BCUT2D eigenvalue weighted by atomic mass is 10.3. The minimum absolute atomic E-state index is 0. The van der Waals surface area contributed by atoms with E-state index in [1.165, 1.54) is 0 Å². The van der Waals surface area contributed by atoms with E-state index in [0.717, 1.165) is 11.4 Å². The number of hydrogen-bond acceptors (Lipinski definition) is 3. The quantitative estimate of drug-likeness (QED) is 0.801. The van der Waals surface area contributed by atoms with E-state index in [4.69, 9.17) is 0 Å². The van der Waals surface area contributed by atoms with Gasteiger partial charge in [0.2, 0.25) is 0 Å². The van der Waals surface area contributed by atoms with Crippen molar-refractivity contribution in [3.05, 3.63) is 30.6 Å². The van der Waals surface area contributed by atoms with Crippen molar-refractivity contribution >= 4 is 24.0 Å². The van der Waals surface area contributed by atoms with Crippen LogP contribution in [0.4, 0.5) is 0 Å². The van der Waals surface area contributed by atoms with Crippen LogP contribution in [-0.2, 0) is 0 Å². The second-order valence-electron chi connectivity index (χ2n) is 2.09. The van der Waals surface area contributed by atoms with E-state index >= 15 is 0 Å². The lowest BCUT2D eigenvalue weighted by Gasteiger charge is -1.90. The second-order valence-corrected chi connectivity index (χ2v) is 2.09. The summed E-state index contributed by atoms with van der Waals surface area (Å²) in [6.07, 6.45) is 3.46. The highest BCUT2D eigenvalue weighted by Crippen LogP contribution is 2.10. The zero-order chi connectivity index (χ0) is 7.52. The maximum atomic E-state index is 3.83. The first-order valence-corrected chi connectivity index (χ1v) is 3.25. The molecule has 0 bridgehead atoms. The minimum Gasteiger partial charge on any atom is -0.360 e. The molecule has 2 aromatic heterocycles. The fourth-order valence-electron chi connectivity index (χ4n) is 0.874. The summed E-state index contributed by atoms with van der Waals surface area (Å²) in [5, 5.41) is 10.9. The lowest BCUT2D eigenvalue weighted by Crippen LogP contribution is -1.88. The molecule has 2 rings (SSSR count). The Kier molecular flexibility index (Phi) is 3.15. The molecule has 0 atom stereocenters. The van der Waals surface area contributed by atoms with Gasteiger partial charge in [-0.3, -0.25) is 0 Å². The van der Waals surface area contributed by atoms with E-state index in [1.54, 1.807) is 12.3 Å². The summed E-state index contributed by atoms with van der Waals surface area (Å²) in [5.41, 5.74) is 1.77. The molecule has 0 amide bonds. The van der Waals surface area contributed by atoms with Crippen LogP contribution in [0.1, 0.15) is 0 Å². The molecule has 5 heteroatoms. The summed E-state index contributed by atoms with van der Waals surface area (Å²) in [7, 11) is 0. The fraction of sp³-hybridized carbons (Fsp3) is 0. The summed E-state index contributed by atoms with van der Waals surface area (Å²) in [6.45, 7) is 0. The van der Waals surface area contributed by atoms with Crippen molar-refractivity contribution in [2.75, 3.05) is 0 Å². The van der Waals surface area contributed by atoms with Crippen LogP contribution in [0.25, 0.3) is 11.4 Å². The number of nitrogens with zero attached hydrogens (tertiary/aromatic N) is 3. The van der Waals surface area contributed by atoms with E-state index in [-0.39, 0.29) is 24.0 Å². The molecule has 0 saturated heterocycles. The summed E-state index contributed by atoms with van der Waals surface area (Å²) >= 11 is 0. The Balaban J connectivity index is 0.000000720. The van der Waals surface area contributed by atoms with Gasteiger partial charge >= 0.3 is 0 Å². The van der Waals surface area contributed by atoms with Crippen LogP contribution in [0.2, 0.25) is 0 Å². The maximum absolute atomic E-state index is 3.83. The van der Waals surface area contributed by atoms with Crippen LogP contribution in [0.15, 0.2) is 30.6 Å². The third-order valence-corrected chi connectivity index (χ3v) is 1.38. The molecule has 0 radical (unpaired) electrons. The fourth-order valence-corrected chi connectivity index (χ4v) is 0.874. The van der Waals surface area contributed by atoms with Crippen molar-refractivity contribution in [3.63, 3.8) is 0 Å². The Labute approximate surface area is 86.4 Å². The number of nitrogens with one attached hydrogen (secondary N) is 1. The molecule has 0 saturated carbocycles. The van der Waals surface area contributed by atoms with Gasteiger partial charge in [0.05, 0.1) is 11.9 Å². The number of aromatic nitrogens is 4. The Bertz CT molecular complexity index is 318. The van der Waals surface area contributed by atoms with Crippen molar-refractivity contribution in [3.8, 4) is 11.4 Å². The number of halogens is 1. The van der Waals surface area contributed by atoms with E-state index in [9.17, 15) is 0 Å². The first-order chi connectivity index (χ1) is 5.47. The van der Waals surface area contributed by atoms with Crippen LogP contribution in [0, 0.1) is 0 Å². The molecule has 2 heterocycles. The minimum atomic E-state index is 0. The normalized spacial score (nSPS) is 9.00. The molecule has 0 aromatic carbocycles. The largest absolute Gasteiger partial charge is 0.360 e. The lowest BCUT2D eigenvalue weighted by molar-refractivity contribution is 0.868. The van der Waals surface area contributed by atoms with Crippen molar-refractivity contribution in [1.82, 2.24) is 20.4 Å². The van der Waals surface area contributed by atoms with E-state index in [1.807, 2.05) is 18.3 Å². The zero-order valence-electron chi connectivity index (χ0n) is 6.14. The van der Waals surface area contributed by atoms with E-state index in [2.05, 4.69) is 20.4 Å². The SMILES string of the molecule is I.c1c[nH]c(-c2ccnnn2)c1. The number of hydrogen-bond donors (Lipinski definition) is 1. The number of rotatable bonds is 1. The highest BCUT2D eigenvalue weighted by molar-refractivity contribution is 14.0. The van der Waals surface area contributed by atoms with Gasteiger partial charge in [0.15, 0.2) is 0 Å². The molecule has 4 nitrogen and oxygen atoms in total. The van der Waals surface area contributed by atoms with Crippen LogP contribution in [0.3, 0.4) is 0 Å². The van der Waals surface area contributed by atoms with Gasteiger partial charge in [-0.2, -0.15) is 0 Å². The molecule has 0 spiro atoms. The molecule has 0 unspecified atom stereocenters. The predicted octanol–water partition coefficient (Wildman–Crippen LogP) is 1.48. The monoisotopic (exact) mass is 274 g/mol. The molecule has 0 aliphatic rings. The third kappa shape index (κ3) is 1.79. The van der Waals surface area contributed by atoms with Crippen LogP contribution < -0.4 is 0 Å². The van der Waals surface area contributed by atoms with E-state index in [0.29, 0.717) is 0 Å². The topological polar surface area (TPSA) is 54.5 Å². The standard InChI is InChI=1S/C7H6N4.HI/c1-2-6(8-4-1)7-3-5-9-11-10-7;/h1-5,8H;1H. The van der Waals surface area contributed by atoms with E-state index < -0.39 is 0 Å². The molecule has 0 aliphatic carbocycles. The van der Waals surface area contributed by atoms with Crippen LogP contribution in [-0.4, -0.2) is 20.4 Å². The van der Waals surface area contributed by atoms with Crippen molar-refractivity contribution in [2.45, 2.75) is 0 Å². The van der Waals surface area contributed by atoms with Gasteiger partial charge in [0, 0.05) is 6.20 Å². The molecular weight excluding hydrogens is 267 g/mol. The Morgan fingerprint density at radius 1 is 1.25 bits per heavy atom. The highest BCUT2D eigenvalue weighted by Gasteiger charge is 1.96. The molecule has 12 heavy (non-hydrogen) atoms. The first kappa shape index (κ1) is 9.11. The molecule has 0 aliphatic heterocycles. The van der Waals surface area contributed by atoms with Crippen LogP contribution in [0.5, 0.6) is 0 Å². The second kappa shape index (κ2) is 4.15. The highest BCUT2D eigenvalue weighted by atomic mass is 127. The molecule has 1 N–H and O–H groups in total. The number of aromatic amines is 1. The van der Waals surface area contributed by atoms with Gasteiger partial charge in [-0.1, -0.05) is 0 Å². The molecular formula is C7H7IN4.